The molecular weight excluding hydrogens is 300 g/mol. The summed E-state index contributed by atoms with van der Waals surface area (Å²) in [4.78, 5) is 16.9. The molecule has 2 N–H and O–H groups in total. The average molecular weight is 320 g/mol. The fourth-order valence-corrected chi connectivity index (χ4v) is 3.22. The van der Waals surface area contributed by atoms with Gasteiger partial charge in [0.25, 0.3) is 0 Å². The summed E-state index contributed by atoms with van der Waals surface area (Å²) in [5, 5.41) is 8.48. The first kappa shape index (κ1) is 14.8. The molecule has 4 aromatic rings. The second-order valence-electron chi connectivity index (χ2n) is 6.71. The van der Waals surface area contributed by atoms with E-state index < -0.39 is 0 Å². The highest BCUT2D eigenvalue weighted by Gasteiger charge is 2.19. The highest BCUT2D eigenvalue weighted by molar-refractivity contribution is 5.89. The van der Waals surface area contributed by atoms with E-state index in [1.165, 1.54) is 5.56 Å². The molecular formula is C18H20N6. The second kappa shape index (κ2) is 5.40. The fraction of sp³-hybridized carbons (Fsp3) is 0.333. The lowest BCUT2D eigenvalue weighted by molar-refractivity contribution is 0.817. The molecule has 0 aliphatic heterocycles. The van der Waals surface area contributed by atoms with E-state index in [9.17, 15) is 0 Å². The van der Waals surface area contributed by atoms with E-state index in [4.69, 9.17) is 0 Å². The Balaban J connectivity index is 1.99. The Morgan fingerprint density at radius 3 is 2.50 bits per heavy atom. The number of hydrogen-bond donors (Lipinski definition) is 2. The lowest BCUT2D eigenvalue weighted by Gasteiger charge is -2.08. The lowest BCUT2D eigenvalue weighted by atomic mass is 9.98. The fourth-order valence-electron chi connectivity index (χ4n) is 3.22. The monoisotopic (exact) mass is 320 g/mol. The molecule has 0 aromatic carbocycles. The van der Waals surface area contributed by atoms with Crippen LogP contribution in [-0.4, -0.2) is 30.1 Å². The predicted octanol–water partition coefficient (Wildman–Crippen LogP) is 4.14. The second-order valence-corrected chi connectivity index (χ2v) is 6.71. The van der Waals surface area contributed by atoms with Crippen molar-refractivity contribution in [2.75, 3.05) is 0 Å². The zero-order valence-electron chi connectivity index (χ0n) is 14.3. The smallest absolute Gasteiger partial charge is 0.181 e. The molecule has 0 saturated carbocycles. The quantitative estimate of drug-likeness (QED) is 0.594. The predicted molar refractivity (Wildman–Crippen MR) is 94.9 cm³/mol. The van der Waals surface area contributed by atoms with Gasteiger partial charge in [0.2, 0.25) is 0 Å². The molecule has 0 fully saturated rings. The number of fused-ring (bicyclic) bond motifs is 2. The van der Waals surface area contributed by atoms with Gasteiger partial charge < -0.3 is 4.98 Å². The van der Waals surface area contributed by atoms with Crippen molar-refractivity contribution in [2.24, 2.45) is 0 Å². The van der Waals surface area contributed by atoms with E-state index in [1.807, 2.05) is 6.20 Å². The molecule has 0 amide bonds. The number of aromatic amines is 2. The van der Waals surface area contributed by atoms with Gasteiger partial charge in [0, 0.05) is 40.8 Å². The summed E-state index contributed by atoms with van der Waals surface area (Å²) in [6, 6.07) is 2.15. The van der Waals surface area contributed by atoms with E-state index in [-0.39, 0.29) is 0 Å². The molecule has 6 heteroatoms. The summed E-state index contributed by atoms with van der Waals surface area (Å²) in [5.74, 6) is 0.692. The van der Waals surface area contributed by atoms with Crippen molar-refractivity contribution in [1.29, 1.82) is 0 Å². The van der Waals surface area contributed by atoms with Gasteiger partial charge in [-0.15, -0.1) is 0 Å². The van der Waals surface area contributed by atoms with E-state index in [0.717, 1.165) is 39.1 Å². The maximum atomic E-state index is 4.53. The van der Waals surface area contributed by atoms with E-state index in [2.05, 4.69) is 63.9 Å². The third kappa shape index (κ3) is 2.18. The average Bonchev–Trinajstić information content (AvgIpc) is 3.15. The number of rotatable bonds is 3. The summed E-state index contributed by atoms with van der Waals surface area (Å²) in [6.07, 6.45) is 5.31. The normalized spacial score (nSPS) is 12.1. The highest BCUT2D eigenvalue weighted by Crippen LogP contribution is 2.35. The van der Waals surface area contributed by atoms with Crippen LogP contribution >= 0.6 is 0 Å². The van der Waals surface area contributed by atoms with E-state index in [0.29, 0.717) is 11.8 Å². The van der Waals surface area contributed by atoms with Crippen LogP contribution in [-0.2, 0) is 0 Å². The van der Waals surface area contributed by atoms with Crippen molar-refractivity contribution in [2.45, 2.75) is 39.5 Å². The van der Waals surface area contributed by atoms with Gasteiger partial charge in [-0.25, -0.2) is 9.97 Å². The van der Waals surface area contributed by atoms with Crippen molar-refractivity contribution in [3.8, 4) is 11.3 Å². The molecule has 0 atom stereocenters. The first-order chi connectivity index (χ1) is 11.6. The molecule has 24 heavy (non-hydrogen) atoms. The minimum absolute atomic E-state index is 0.329. The first-order valence-corrected chi connectivity index (χ1v) is 8.23. The minimum atomic E-state index is 0.329. The molecule has 0 aliphatic carbocycles. The summed E-state index contributed by atoms with van der Waals surface area (Å²) >= 11 is 0. The largest absolute Gasteiger partial charge is 0.338 e. The Morgan fingerprint density at radius 1 is 0.958 bits per heavy atom. The van der Waals surface area contributed by atoms with Crippen LogP contribution in [0.5, 0.6) is 0 Å². The topological polar surface area (TPSA) is 83.1 Å². The summed E-state index contributed by atoms with van der Waals surface area (Å²) in [5.41, 5.74) is 6.85. The number of nitrogens with zero attached hydrogens (tertiary/aromatic N) is 4. The Labute approximate surface area is 139 Å². The van der Waals surface area contributed by atoms with Gasteiger partial charge in [0.15, 0.2) is 11.3 Å². The van der Waals surface area contributed by atoms with Crippen molar-refractivity contribution in [3.05, 3.63) is 35.9 Å². The van der Waals surface area contributed by atoms with Gasteiger partial charge in [-0.05, 0) is 17.9 Å². The molecule has 0 radical (unpaired) electrons. The third-order valence-electron chi connectivity index (χ3n) is 4.35. The molecule has 4 aromatic heterocycles. The highest BCUT2D eigenvalue weighted by atomic mass is 15.1. The van der Waals surface area contributed by atoms with Crippen LogP contribution in [0, 0.1) is 0 Å². The van der Waals surface area contributed by atoms with E-state index in [1.54, 1.807) is 12.4 Å². The lowest BCUT2D eigenvalue weighted by Crippen LogP contribution is -1.92. The van der Waals surface area contributed by atoms with Gasteiger partial charge in [0.1, 0.15) is 5.52 Å². The van der Waals surface area contributed by atoms with Crippen molar-refractivity contribution >= 4 is 22.2 Å². The first-order valence-electron chi connectivity index (χ1n) is 8.23. The van der Waals surface area contributed by atoms with Crippen LogP contribution in [0.15, 0.2) is 24.7 Å². The van der Waals surface area contributed by atoms with Crippen LogP contribution in [0.2, 0.25) is 0 Å². The van der Waals surface area contributed by atoms with Crippen LogP contribution in [0.3, 0.4) is 0 Å². The van der Waals surface area contributed by atoms with Gasteiger partial charge >= 0.3 is 0 Å². The van der Waals surface area contributed by atoms with Crippen molar-refractivity contribution < 1.29 is 0 Å². The number of H-pyrrole nitrogens is 2. The molecule has 0 aliphatic rings. The van der Waals surface area contributed by atoms with Crippen LogP contribution in [0.4, 0.5) is 0 Å². The zero-order chi connectivity index (χ0) is 16.8. The van der Waals surface area contributed by atoms with Crippen LogP contribution in [0.25, 0.3) is 33.5 Å². The Morgan fingerprint density at radius 2 is 1.75 bits per heavy atom. The number of pyridine rings is 1. The third-order valence-corrected chi connectivity index (χ3v) is 4.35. The van der Waals surface area contributed by atoms with Crippen molar-refractivity contribution in [1.82, 2.24) is 30.1 Å². The van der Waals surface area contributed by atoms with E-state index >= 15 is 0 Å². The Bertz CT molecular complexity index is 1020. The molecule has 0 spiro atoms. The summed E-state index contributed by atoms with van der Waals surface area (Å²) in [7, 11) is 0. The number of nitrogens with one attached hydrogen (secondary N) is 2. The summed E-state index contributed by atoms with van der Waals surface area (Å²) < 4.78 is 0. The molecule has 0 bridgehead atoms. The van der Waals surface area contributed by atoms with Crippen LogP contribution < -0.4 is 0 Å². The number of aromatic nitrogens is 6. The zero-order valence-corrected chi connectivity index (χ0v) is 14.3. The standard InChI is InChI=1S/C18H20N6/c1-9(2)13-15(22-18-16(13)19-5-6-20-18)11-7-12-14(10(3)4)23-24-17(12)21-8-11/h5-10H,1-4H3,(H,20,22)(H,21,23,24). The Hall–Kier alpha value is -2.76. The maximum Gasteiger partial charge on any atom is 0.181 e. The molecule has 6 nitrogen and oxygen atoms in total. The van der Waals surface area contributed by atoms with Gasteiger partial charge in [0.05, 0.1) is 5.69 Å². The van der Waals surface area contributed by atoms with Crippen molar-refractivity contribution in [3.63, 3.8) is 0 Å². The SMILES string of the molecule is CC(C)c1[nH]nc2ncc(-c3[nH]c4nccnc4c3C(C)C)cc12. The molecule has 0 unspecified atom stereocenters. The van der Waals surface area contributed by atoms with Gasteiger partial charge in [-0.2, -0.15) is 5.10 Å². The number of hydrogen-bond acceptors (Lipinski definition) is 4. The Kier molecular flexibility index (Phi) is 3.33. The van der Waals surface area contributed by atoms with Gasteiger partial charge in [-0.3, -0.25) is 10.1 Å². The molecule has 4 rings (SSSR count). The maximum absolute atomic E-state index is 4.53. The molecule has 4 heterocycles. The minimum Gasteiger partial charge on any atom is -0.338 e. The van der Waals surface area contributed by atoms with Gasteiger partial charge in [-0.1, -0.05) is 27.7 Å². The van der Waals surface area contributed by atoms with Crippen LogP contribution in [0.1, 0.15) is 50.8 Å². The summed E-state index contributed by atoms with van der Waals surface area (Å²) in [6.45, 7) is 8.64. The molecule has 0 saturated heterocycles. The molecule has 122 valence electrons.